The van der Waals surface area contributed by atoms with E-state index in [1.165, 1.54) is 33.9 Å². The Labute approximate surface area is 222 Å². The number of aromatic nitrogens is 4. The van der Waals surface area contributed by atoms with E-state index in [-0.39, 0.29) is 17.9 Å². The summed E-state index contributed by atoms with van der Waals surface area (Å²) < 4.78 is 21.7. The van der Waals surface area contributed by atoms with Crippen LogP contribution in [0.1, 0.15) is 18.4 Å². The molecule has 0 aliphatic carbocycles. The number of fused-ring (bicyclic) bond motifs is 1. The molecule has 2 aromatic carbocycles. The number of benzene rings is 2. The highest BCUT2D eigenvalue weighted by molar-refractivity contribution is 6.31. The van der Waals surface area contributed by atoms with Crippen LogP contribution in [0.5, 0.6) is 0 Å². The average Bonchev–Trinajstić information content (AvgIpc) is 3.60. The van der Waals surface area contributed by atoms with Crippen molar-refractivity contribution >= 4 is 22.6 Å². The van der Waals surface area contributed by atoms with E-state index in [2.05, 4.69) is 15.0 Å². The van der Waals surface area contributed by atoms with Crippen LogP contribution in [0.3, 0.4) is 0 Å². The Morgan fingerprint density at radius 3 is 2.61 bits per heavy atom. The molecule has 0 amide bonds. The summed E-state index contributed by atoms with van der Waals surface area (Å²) in [6.45, 7) is 2.14. The van der Waals surface area contributed by atoms with E-state index >= 15 is 0 Å². The standard InChI is InChI=1S/C28H25ClFN5O3/c29-24-14-19(25-2-1-13-38-25)3-4-20(24)16-33-11-9-28(37,10-12-33)17-34-18-31-26-23(27(34)36)15-32-35(26)22-7-5-21(30)6-8-22/h1-8,13-15,18,37H,9-12,16-17H2. The molecule has 0 atom stereocenters. The number of hydrogen-bond acceptors (Lipinski definition) is 6. The first-order valence-electron chi connectivity index (χ1n) is 12.3. The van der Waals surface area contributed by atoms with Crippen LogP contribution in [-0.2, 0) is 13.1 Å². The summed E-state index contributed by atoms with van der Waals surface area (Å²) in [5, 5.41) is 16.6. The molecule has 1 aliphatic rings. The molecule has 0 bridgehead atoms. The monoisotopic (exact) mass is 533 g/mol. The van der Waals surface area contributed by atoms with Crippen LogP contribution in [0, 0.1) is 5.82 Å². The van der Waals surface area contributed by atoms with Crippen LogP contribution in [-0.4, -0.2) is 48.0 Å². The van der Waals surface area contributed by atoms with Gasteiger partial charge in [-0.2, -0.15) is 5.10 Å². The van der Waals surface area contributed by atoms with Gasteiger partial charge in [0.15, 0.2) is 5.65 Å². The minimum Gasteiger partial charge on any atom is -0.464 e. The summed E-state index contributed by atoms with van der Waals surface area (Å²) >= 11 is 6.56. The predicted octanol–water partition coefficient (Wildman–Crippen LogP) is 4.66. The number of rotatable bonds is 6. The SMILES string of the molecule is O=c1c2cnn(-c3ccc(F)cc3)c2ncn1CC1(O)CCN(Cc2ccc(-c3ccco3)cc2Cl)CC1. The molecule has 38 heavy (non-hydrogen) atoms. The number of halogens is 2. The zero-order valence-electron chi connectivity index (χ0n) is 20.4. The molecule has 0 radical (unpaired) electrons. The second kappa shape index (κ2) is 9.83. The molecular formula is C28H25ClFN5O3. The van der Waals surface area contributed by atoms with Gasteiger partial charge in [-0.05, 0) is 60.9 Å². The van der Waals surface area contributed by atoms with Crippen LogP contribution in [0.25, 0.3) is 28.0 Å². The van der Waals surface area contributed by atoms with Gasteiger partial charge >= 0.3 is 0 Å². The predicted molar refractivity (Wildman–Crippen MR) is 142 cm³/mol. The average molecular weight is 534 g/mol. The van der Waals surface area contributed by atoms with Gasteiger partial charge in [-0.1, -0.05) is 23.7 Å². The van der Waals surface area contributed by atoms with Gasteiger partial charge < -0.3 is 9.52 Å². The van der Waals surface area contributed by atoms with Crippen LogP contribution in [0.15, 0.2) is 82.6 Å². The third-order valence-electron chi connectivity index (χ3n) is 7.13. The fourth-order valence-electron chi connectivity index (χ4n) is 4.95. The smallest absolute Gasteiger partial charge is 0.264 e. The van der Waals surface area contributed by atoms with Gasteiger partial charge in [0.05, 0.1) is 30.3 Å². The summed E-state index contributed by atoms with van der Waals surface area (Å²) in [5.41, 5.74) is 1.62. The molecule has 0 spiro atoms. The first kappa shape index (κ1) is 24.5. The lowest BCUT2D eigenvalue weighted by atomic mass is 9.91. The van der Waals surface area contributed by atoms with Crippen LogP contribution < -0.4 is 5.56 Å². The maximum atomic E-state index is 13.3. The second-order valence-corrected chi connectivity index (χ2v) is 10.1. The van der Waals surface area contributed by atoms with Crippen molar-refractivity contribution in [1.29, 1.82) is 0 Å². The lowest BCUT2D eigenvalue weighted by Crippen LogP contribution is -2.47. The number of likely N-dealkylation sites (tertiary alicyclic amines) is 1. The summed E-state index contributed by atoms with van der Waals surface area (Å²) in [7, 11) is 0. The molecule has 4 heterocycles. The largest absolute Gasteiger partial charge is 0.464 e. The van der Waals surface area contributed by atoms with Gasteiger partial charge in [-0.25, -0.2) is 14.1 Å². The number of aliphatic hydroxyl groups is 1. The summed E-state index contributed by atoms with van der Waals surface area (Å²) in [4.78, 5) is 19.8. The van der Waals surface area contributed by atoms with Crippen molar-refractivity contribution in [1.82, 2.24) is 24.2 Å². The highest BCUT2D eigenvalue weighted by Gasteiger charge is 2.33. The first-order valence-corrected chi connectivity index (χ1v) is 12.7. The van der Waals surface area contributed by atoms with Crippen LogP contribution in [0.4, 0.5) is 4.39 Å². The van der Waals surface area contributed by atoms with E-state index in [9.17, 15) is 14.3 Å². The van der Waals surface area contributed by atoms with E-state index in [0.717, 1.165) is 16.9 Å². The molecule has 0 saturated carbocycles. The first-order chi connectivity index (χ1) is 18.4. The quantitative estimate of drug-likeness (QED) is 0.341. The normalized spacial score (nSPS) is 15.8. The molecular weight excluding hydrogens is 509 g/mol. The summed E-state index contributed by atoms with van der Waals surface area (Å²) in [6, 6.07) is 15.5. The maximum Gasteiger partial charge on any atom is 0.264 e. The maximum absolute atomic E-state index is 13.3. The second-order valence-electron chi connectivity index (χ2n) is 9.73. The minimum atomic E-state index is -1.03. The highest BCUT2D eigenvalue weighted by Crippen LogP contribution is 2.29. The lowest BCUT2D eigenvalue weighted by Gasteiger charge is -2.38. The lowest BCUT2D eigenvalue weighted by molar-refractivity contribution is -0.0364. The van der Waals surface area contributed by atoms with Gasteiger partial charge in [-0.15, -0.1) is 0 Å². The van der Waals surface area contributed by atoms with Crippen molar-refractivity contribution in [2.24, 2.45) is 0 Å². The van der Waals surface area contributed by atoms with E-state index in [1.807, 2.05) is 30.3 Å². The third kappa shape index (κ3) is 4.76. The topological polar surface area (TPSA) is 89.3 Å². The van der Waals surface area contributed by atoms with Gasteiger partial charge in [0.1, 0.15) is 23.3 Å². The molecule has 8 nitrogen and oxygen atoms in total. The van der Waals surface area contributed by atoms with Gasteiger partial charge in [0, 0.05) is 30.2 Å². The third-order valence-corrected chi connectivity index (χ3v) is 7.48. The summed E-state index contributed by atoms with van der Waals surface area (Å²) in [5.74, 6) is 0.415. The molecule has 10 heteroatoms. The Balaban J connectivity index is 1.13. The molecule has 1 aliphatic heterocycles. The molecule has 1 saturated heterocycles. The zero-order valence-corrected chi connectivity index (χ0v) is 21.2. The van der Waals surface area contributed by atoms with Gasteiger partial charge in [-0.3, -0.25) is 14.3 Å². The number of hydrogen-bond donors (Lipinski definition) is 1. The van der Waals surface area contributed by atoms with E-state index in [1.54, 1.807) is 18.4 Å². The molecule has 5 aromatic rings. The number of nitrogens with zero attached hydrogens (tertiary/aromatic N) is 5. The molecule has 0 unspecified atom stereocenters. The van der Waals surface area contributed by atoms with E-state index in [4.69, 9.17) is 16.0 Å². The molecule has 1 N–H and O–H groups in total. The molecule has 6 rings (SSSR count). The Morgan fingerprint density at radius 2 is 1.89 bits per heavy atom. The fraction of sp³-hybridized carbons (Fsp3) is 0.250. The Morgan fingerprint density at radius 1 is 1.11 bits per heavy atom. The van der Waals surface area contributed by atoms with Crippen LogP contribution in [0.2, 0.25) is 5.02 Å². The van der Waals surface area contributed by atoms with Crippen LogP contribution >= 0.6 is 11.6 Å². The van der Waals surface area contributed by atoms with E-state index < -0.39 is 5.60 Å². The van der Waals surface area contributed by atoms with Gasteiger partial charge in [0.2, 0.25) is 0 Å². The minimum absolute atomic E-state index is 0.142. The highest BCUT2D eigenvalue weighted by atomic mass is 35.5. The Kier molecular flexibility index (Phi) is 6.35. The molecule has 3 aromatic heterocycles. The molecule has 194 valence electrons. The Bertz CT molecular complexity index is 1640. The van der Waals surface area contributed by atoms with Crippen molar-refractivity contribution < 1.29 is 13.9 Å². The van der Waals surface area contributed by atoms with Crippen molar-refractivity contribution in [3.05, 3.63) is 100 Å². The van der Waals surface area contributed by atoms with Crippen molar-refractivity contribution in [3.63, 3.8) is 0 Å². The van der Waals surface area contributed by atoms with Crippen molar-refractivity contribution in [3.8, 4) is 17.0 Å². The number of piperidine rings is 1. The number of furan rings is 1. The zero-order chi connectivity index (χ0) is 26.3. The van der Waals surface area contributed by atoms with Crippen molar-refractivity contribution in [2.45, 2.75) is 31.5 Å². The van der Waals surface area contributed by atoms with Crippen molar-refractivity contribution in [2.75, 3.05) is 13.1 Å². The molecule has 1 fully saturated rings. The van der Waals surface area contributed by atoms with E-state index in [0.29, 0.717) is 54.2 Å². The fourth-order valence-corrected chi connectivity index (χ4v) is 5.19. The Hall–Kier alpha value is -3.79. The van der Waals surface area contributed by atoms with Gasteiger partial charge in [0.25, 0.3) is 5.56 Å². The summed E-state index contributed by atoms with van der Waals surface area (Å²) in [6.07, 6.45) is 5.55.